The first kappa shape index (κ1) is 14.2. The normalized spacial score (nSPS) is 18.3. The third-order valence-corrected chi connectivity index (χ3v) is 3.67. The molecule has 0 saturated carbocycles. The molecular weight excluding hydrogens is 282 g/mol. The summed E-state index contributed by atoms with van der Waals surface area (Å²) >= 11 is 0. The molecule has 1 fully saturated rings. The van der Waals surface area contributed by atoms with Crippen LogP contribution in [0.3, 0.4) is 0 Å². The van der Waals surface area contributed by atoms with Crippen molar-refractivity contribution >= 4 is 17.5 Å². The Morgan fingerprint density at radius 3 is 2.95 bits per heavy atom. The highest BCUT2D eigenvalue weighted by molar-refractivity contribution is 6.02. The van der Waals surface area contributed by atoms with Gasteiger partial charge >= 0.3 is 0 Å². The van der Waals surface area contributed by atoms with E-state index in [0.717, 1.165) is 12.1 Å². The van der Waals surface area contributed by atoms with Crippen LogP contribution in [0.5, 0.6) is 0 Å². The SMILES string of the molecule is Cn1cc(C(=O)N[C@H]2CCCN(c3cccnc3)C2=O)cn1. The van der Waals surface area contributed by atoms with Crippen LogP contribution in [0, 0.1) is 0 Å². The minimum atomic E-state index is -0.512. The first-order valence-corrected chi connectivity index (χ1v) is 7.16. The number of pyridine rings is 1. The number of nitrogens with zero attached hydrogens (tertiary/aromatic N) is 4. The van der Waals surface area contributed by atoms with Gasteiger partial charge in [-0.2, -0.15) is 5.10 Å². The van der Waals surface area contributed by atoms with Crippen molar-refractivity contribution < 1.29 is 9.59 Å². The molecule has 1 saturated heterocycles. The van der Waals surface area contributed by atoms with Crippen LogP contribution in [0.25, 0.3) is 0 Å². The molecule has 1 atom stereocenters. The van der Waals surface area contributed by atoms with Crippen molar-refractivity contribution in [1.29, 1.82) is 0 Å². The Labute approximate surface area is 127 Å². The van der Waals surface area contributed by atoms with Gasteiger partial charge in [-0.25, -0.2) is 0 Å². The summed E-state index contributed by atoms with van der Waals surface area (Å²) in [6, 6.07) is 3.12. The van der Waals surface area contributed by atoms with Gasteiger partial charge in [0, 0.05) is 26.0 Å². The summed E-state index contributed by atoms with van der Waals surface area (Å²) in [4.78, 5) is 30.4. The van der Waals surface area contributed by atoms with Gasteiger partial charge in [-0.15, -0.1) is 0 Å². The highest BCUT2D eigenvalue weighted by Gasteiger charge is 2.31. The molecule has 2 aromatic heterocycles. The van der Waals surface area contributed by atoms with Gasteiger partial charge < -0.3 is 10.2 Å². The molecule has 3 rings (SSSR count). The van der Waals surface area contributed by atoms with Gasteiger partial charge in [0.2, 0.25) is 5.91 Å². The zero-order valence-electron chi connectivity index (χ0n) is 12.3. The lowest BCUT2D eigenvalue weighted by Gasteiger charge is -2.32. The van der Waals surface area contributed by atoms with Crippen molar-refractivity contribution in [3.63, 3.8) is 0 Å². The molecule has 1 aliphatic rings. The molecule has 1 N–H and O–H groups in total. The van der Waals surface area contributed by atoms with Gasteiger partial charge in [-0.1, -0.05) is 0 Å². The lowest BCUT2D eigenvalue weighted by molar-refractivity contribution is -0.121. The van der Waals surface area contributed by atoms with Crippen LogP contribution in [-0.4, -0.2) is 39.2 Å². The highest BCUT2D eigenvalue weighted by atomic mass is 16.2. The maximum Gasteiger partial charge on any atom is 0.255 e. The summed E-state index contributed by atoms with van der Waals surface area (Å²) in [5.74, 6) is -0.379. The van der Waals surface area contributed by atoms with Crippen LogP contribution in [0.4, 0.5) is 5.69 Å². The van der Waals surface area contributed by atoms with Crippen molar-refractivity contribution in [1.82, 2.24) is 20.1 Å². The average Bonchev–Trinajstić information content (AvgIpc) is 2.97. The predicted octanol–water partition coefficient (Wildman–Crippen LogP) is 0.741. The van der Waals surface area contributed by atoms with Crippen molar-refractivity contribution in [2.45, 2.75) is 18.9 Å². The molecule has 3 heterocycles. The Morgan fingerprint density at radius 2 is 2.27 bits per heavy atom. The molecule has 1 aliphatic heterocycles. The third-order valence-electron chi connectivity index (χ3n) is 3.67. The molecule has 0 aromatic carbocycles. The van der Waals surface area contributed by atoms with Crippen molar-refractivity contribution in [2.75, 3.05) is 11.4 Å². The Hall–Kier alpha value is -2.70. The first-order chi connectivity index (χ1) is 10.6. The van der Waals surface area contributed by atoms with E-state index in [1.54, 1.807) is 41.3 Å². The minimum absolute atomic E-state index is 0.100. The topological polar surface area (TPSA) is 80.1 Å². The summed E-state index contributed by atoms with van der Waals surface area (Å²) in [7, 11) is 1.74. The number of hydrogen-bond donors (Lipinski definition) is 1. The fourth-order valence-corrected chi connectivity index (χ4v) is 2.56. The van der Waals surface area contributed by atoms with E-state index in [9.17, 15) is 9.59 Å². The first-order valence-electron chi connectivity index (χ1n) is 7.16. The van der Waals surface area contributed by atoms with Gasteiger partial charge in [0.25, 0.3) is 5.91 Å². The van der Waals surface area contributed by atoms with E-state index in [1.165, 1.54) is 6.20 Å². The number of nitrogens with one attached hydrogen (secondary N) is 1. The zero-order valence-corrected chi connectivity index (χ0v) is 12.3. The third kappa shape index (κ3) is 2.83. The Kier molecular flexibility index (Phi) is 3.86. The van der Waals surface area contributed by atoms with E-state index in [1.807, 2.05) is 6.07 Å². The number of amides is 2. The zero-order chi connectivity index (χ0) is 15.5. The fourth-order valence-electron chi connectivity index (χ4n) is 2.56. The molecule has 2 amide bonds. The second-order valence-corrected chi connectivity index (χ2v) is 5.27. The summed E-state index contributed by atoms with van der Waals surface area (Å²) in [6.45, 7) is 0.643. The number of aryl methyl sites for hydroxylation is 1. The highest BCUT2D eigenvalue weighted by Crippen LogP contribution is 2.20. The van der Waals surface area contributed by atoms with Gasteiger partial charge in [0.05, 0.1) is 23.6 Å². The average molecular weight is 299 g/mol. The molecule has 7 nitrogen and oxygen atoms in total. The molecule has 0 unspecified atom stereocenters. The van der Waals surface area contributed by atoms with Crippen molar-refractivity contribution in [3.8, 4) is 0 Å². The molecule has 0 aliphatic carbocycles. The number of carbonyl (C=O) groups is 2. The van der Waals surface area contributed by atoms with Crippen LogP contribution in [0.2, 0.25) is 0 Å². The Balaban J connectivity index is 1.72. The maximum atomic E-state index is 12.6. The lowest BCUT2D eigenvalue weighted by atomic mass is 10.0. The number of hydrogen-bond acceptors (Lipinski definition) is 4. The standard InChI is InChI=1S/C15H17N5O2/c1-19-10-11(8-17-19)14(21)18-13-5-3-7-20(15(13)22)12-4-2-6-16-9-12/h2,4,6,8-10,13H,3,5,7H2,1H3,(H,18,21)/t13-/m0/s1. The van der Waals surface area contributed by atoms with Crippen LogP contribution in [0.15, 0.2) is 36.9 Å². The van der Waals surface area contributed by atoms with E-state index < -0.39 is 6.04 Å². The molecule has 2 aromatic rings. The van der Waals surface area contributed by atoms with E-state index in [2.05, 4.69) is 15.4 Å². The van der Waals surface area contributed by atoms with Crippen LogP contribution in [0.1, 0.15) is 23.2 Å². The molecule has 0 bridgehead atoms. The van der Waals surface area contributed by atoms with E-state index in [-0.39, 0.29) is 11.8 Å². The maximum absolute atomic E-state index is 12.6. The Bertz CT molecular complexity index is 682. The number of rotatable bonds is 3. The summed E-state index contributed by atoms with van der Waals surface area (Å²) in [5.41, 5.74) is 1.21. The summed E-state index contributed by atoms with van der Waals surface area (Å²) < 4.78 is 1.56. The number of piperidine rings is 1. The van der Waals surface area contributed by atoms with Crippen LogP contribution >= 0.6 is 0 Å². The lowest BCUT2D eigenvalue weighted by Crippen LogP contribution is -2.52. The molecule has 0 radical (unpaired) electrons. The predicted molar refractivity (Wildman–Crippen MR) is 80.3 cm³/mol. The largest absolute Gasteiger partial charge is 0.340 e. The quantitative estimate of drug-likeness (QED) is 0.906. The smallest absolute Gasteiger partial charge is 0.255 e. The molecule has 114 valence electrons. The van der Waals surface area contributed by atoms with Crippen LogP contribution < -0.4 is 10.2 Å². The van der Waals surface area contributed by atoms with Gasteiger partial charge in [-0.3, -0.25) is 19.3 Å². The fraction of sp³-hybridized carbons (Fsp3) is 0.333. The second-order valence-electron chi connectivity index (χ2n) is 5.27. The second kappa shape index (κ2) is 5.97. The molecular formula is C15H17N5O2. The number of aromatic nitrogens is 3. The molecule has 0 spiro atoms. The van der Waals surface area contributed by atoms with Crippen molar-refractivity contribution in [2.24, 2.45) is 7.05 Å². The molecule has 7 heteroatoms. The van der Waals surface area contributed by atoms with E-state index in [4.69, 9.17) is 0 Å². The summed E-state index contributed by atoms with van der Waals surface area (Å²) in [6.07, 6.45) is 7.91. The molecule has 22 heavy (non-hydrogen) atoms. The van der Waals surface area contributed by atoms with E-state index in [0.29, 0.717) is 18.5 Å². The summed E-state index contributed by atoms with van der Waals surface area (Å²) in [5, 5.41) is 6.76. The van der Waals surface area contributed by atoms with Crippen LogP contribution in [-0.2, 0) is 11.8 Å². The number of anilines is 1. The van der Waals surface area contributed by atoms with E-state index >= 15 is 0 Å². The Morgan fingerprint density at radius 1 is 1.41 bits per heavy atom. The van der Waals surface area contributed by atoms with Gasteiger partial charge in [-0.05, 0) is 25.0 Å². The minimum Gasteiger partial charge on any atom is -0.340 e. The van der Waals surface area contributed by atoms with Gasteiger partial charge in [0.15, 0.2) is 0 Å². The van der Waals surface area contributed by atoms with Crippen molar-refractivity contribution in [3.05, 3.63) is 42.5 Å². The monoisotopic (exact) mass is 299 g/mol. The van der Waals surface area contributed by atoms with Gasteiger partial charge in [0.1, 0.15) is 6.04 Å². The number of carbonyl (C=O) groups excluding carboxylic acids is 2.